The molecule has 3 heterocycles. The molecular weight excluding hydrogens is 592 g/mol. The van der Waals surface area contributed by atoms with Crippen LogP contribution < -0.4 is 27.8 Å². The molecule has 0 aromatic carbocycles. The Morgan fingerprint density at radius 1 is 1.38 bits per heavy atom. The van der Waals surface area contributed by atoms with Crippen LogP contribution in [0.2, 0.25) is 0 Å². The van der Waals surface area contributed by atoms with Crippen molar-refractivity contribution in [3.63, 3.8) is 0 Å². The standard InChI is InChI=1S/C22H32N12O6S2/c1-12-17(29-19(36)18(15-11-41-21(25)28-15)31-40-22(4-5-22)13(2)35)16(34(12)42(37,38)39)10-33-9-14(30-32-33)8-27-20(24)26-7-3-6-23/h9,11,16-17,35H,1-8,10,23H2,(H2,25,28)(H,29,36)(H3,24,26,27)(H,37,38,39)/b31-18-. The third-order valence-corrected chi connectivity index (χ3v) is 8.12. The van der Waals surface area contributed by atoms with Crippen molar-refractivity contribution < 1.29 is 27.7 Å². The van der Waals surface area contributed by atoms with E-state index in [0.717, 1.165) is 17.8 Å². The summed E-state index contributed by atoms with van der Waals surface area (Å²) in [4.78, 5) is 27.1. The number of anilines is 1. The summed E-state index contributed by atoms with van der Waals surface area (Å²) in [6.07, 6.45) is 3.15. The number of aliphatic hydroxyl groups is 1. The number of aromatic nitrogens is 4. The number of carbonyl (C=O) groups is 1. The van der Waals surface area contributed by atoms with Crippen LogP contribution in [0.3, 0.4) is 0 Å². The van der Waals surface area contributed by atoms with Crippen LogP contribution in [0.5, 0.6) is 0 Å². The first-order valence-electron chi connectivity index (χ1n) is 12.6. The molecule has 0 radical (unpaired) electrons. The van der Waals surface area contributed by atoms with E-state index in [0.29, 0.717) is 35.9 Å². The maximum atomic E-state index is 13.4. The van der Waals surface area contributed by atoms with Gasteiger partial charge in [0.15, 0.2) is 22.4 Å². The molecular formula is C22H32N12O6S2. The Balaban J connectivity index is 1.50. The monoisotopic (exact) mass is 624 g/mol. The Morgan fingerprint density at radius 3 is 2.71 bits per heavy atom. The first-order chi connectivity index (χ1) is 19.8. The number of hydrogen-bond acceptors (Lipinski definition) is 13. The summed E-state index contributed by atoms with van der Waals surface area (Å²) in [5, 5.41) is 29.0. The summed E-state index contributed by atoms with van der Waals surface area (Å²) in [6.45, 7) is 8.23. The molecule has 2 aromatic rings. The number of carbonyl (C=O) groups excluding carboxylic acids is 1. The molecule has 1 amide bonds. The molecule has 42 heavy (non-hydrogen) atoms. The van der Waals surface area contributed by atoms with Gasteiger partial charge in [0.1, 0.15) is 17.1 Å². The predicted octanol–water partition coefficient (Wildman–Crippen LogP) is -1.42. The lowest BCUT2D eigenvalue weighted by Gasteiger charge is -2.48. The second-order valence-corrected chi connectivity index (χ2v) is 11.7. The fourth-order valence-electron chi connectivity index (χ4n) is 4.03. The highest BCUT2D eigenvalue weighted by Crippen LogP contribution is 2.44. The highest BCUT2D eigenvalue weighted by Gasteiger charge is 2.51. The van der Waals surface area contributed by atoms with E-state index in [9.17, 15) is 22.9 Å². The number of aliphatic hydroxyl groups excluding tert-OH is 1. The number of nitrogen functional groups attached to an aromatic ring is 1. The van der Waals surface area contributed by atoms with Crippen LogP contribution in [0, 0.1) is 0 Å². The molecule has 1 aliphatic heterocycles. The average Bonchev–Trinajstić information content (AvgIpc) is 3.38. The normalized spacial score (nSPS) is 20.1. The van der Waals surface area contributed by atoms with Crippen molar-refractivity contribution in [1.82, 2.24) is 34.9 Å². The van der Waals surface area contributed by atoms with Crippen molar-refractivity contribution in [2.45, 2.75) is 50.0 Å². The zero-order valence-electron chi connectivity index (χ0n) is 22.4. The van der Waals surface area contributed by atoms with Gasteiger partial charge in [-0.15, -0.1) is 16.4 Å². The second-order valence-electron chi connectivity index (χ2n) is 9.53. The molecule has 1 saturated heterocycles. The van der Waals surface area contributed by atoms with E-state index in [2.05, 4.69) is 49.2 Å². The summed E-state index contributed by atoms with van der Waals surface area (Å²) < 4.78 is 36.0. The summed E-state index contributed by atoms with van der Waals surface area (Å²) in [6, 6.07) is -2.01. The summed E-state index contributed by atoms with van der Waals surface area (Å²) in [7, 11) is -4.73. The topological polar surface area (TPSA) is 275 Å². The van der Waals surface area contributed by atoms with E-state index in [1.54, 1.807) is 0 Å². The highest BCUT2D eigenvalue weighted by molar-refractivity contribution is 7.83. The fourth-order valence-corrected chi connectivity index (χ4v) is 5.51. The zero-order chi connectivity index (χ0) is 30.7. The van der Waals surface area contributed by atoms with Gasteiger partial charge in [-0.2, -0.15) is 8.42 Å². The largest absolute Gasteiger partial charge is 0.509 e. The molecule has 0 bridgehead atoms. The maximum Gasteiger partial charge on any atom is 0.360 e. The first-order valence-corrected chi connectivity index (χ1v) is 14.9. The van der Waals surface area contributed by atoms with Crippen LogP contribution in [0.4, 0.5) is 5.13 Å². The number of nitrogens with two attached hydrogens (primary N) is 3. The van der Waals surface area contributed by atoms with E-state index in [1.807, 2.05) is 0 Å². The highest BCUT2D eigenvalue weighted by atomic mass is 32.2. The summed E-state index contributed by atoms with van der Waals surface area (Å²) >= 11 is 1.06. The number of nitrogens with one attached hydrogen (secondary N) is 2. The third kappa shape index (κ3) is 6.95. The Hall–Kier alpha value is -4.27. The minimum absolute atomic E-state index is 0.0966. The van der Waals surface area contributed by atoms with Gasteiger partial charge in [0, 0.05) is 30.5 Å². The van der Waals surface area contributed by atoms with Gasteiger partial charge in [-0.25, -0.2) is 19.0 Å². The molecule has 0 spiro atoms. The van der Waals surface area contributed by atoms with Crippen molar-refractivity contribution in [2.75, 3.05) is 18.8 Å². The van der Waals surface area contributed by atoms with E-state index in [4.69, 9.17) is 22.0 Å². The molecule has 1 aliphatic carbocycles. The van der Waals surface area contributed by atoms with Gasteiger partial charge in [-0.3, -0.25) is 9.35 Å². The number of hydrogen-bond donors (Lipinski definition) is 7. The lowest BCUT2D eigenvalue weighted by Crippen LogP contribution is -2.67. The van der Waals surface area contributed by atoms with Crippen molar-refractivity contribution in [2.24, 2.45) is 21.6 Å². The van der Waals surface area contributed by atoms with E-state index >= 15 is 0 Å². The Kier molecular flexibility index (Phi) is 8.99. The van der Waals surface area contributed by atoms with Crippen LogP contribution in [0.15, 0.2) is 46.3 Å². The van der Waals surface area contributed by atoms with Crippen molar-refractivity contribution >= 4 is 44.4 Å². The number of nitrogens with zero attached hydrogens (tertiary/aromatic N) is 7. The van der Waals surface area contributed by atoms with Crippen LogP contribution in [-0.2, 0) is 33.0 Å². The van der Waals surface area contributed by atoms with Gasteiger partial charge in [0.2, 0.25) is 0 Å². The van der Waals surface area contributed by atoms with Gasteiger partial charge in [-0.05, 0) is 13.0 Å². The van der Waals surface area contributed by atoms with Gasteiger partial charge in [0.05, 0.1) is 31.4 Å². The number of guanidine groups is 1. The Labute approximate surface area is 244 Å². The molecule has 228 valence electrons. The predicted molar refractivity (Wildman–Crippen MR) is 153 cm³/mol. The summed E-state index contributed by atoms with van der Waals surface area (Å²) in [5.74, 6) is -0.826. The van der Waals surface area contributed by atoms with Crippen molar-refractivity contribution in [3.05, 3.63) is 47.6 Å². The van der Waals surface area contributed by atoms with Gasteiger partial charge in [-0.1, -0.05) is 23.5 Å². The van der Waals surface area contributed by atoms with Crippen LogP contribution in [0.1, 0.15) is 30.7 Å². The van der Waals surface area contributed by atoms with Gasteiger partial charge >= 0.3 is 10.3 Å². The fraction of sp³-hybridized carbons (Fsp3) is 0.455. The minimum atomic E-state index is -4.73. The molecule has 2 aromatic heterocycles. The maximum absolute atomic E-state index is 13.4. The number of oxime groups is 1. The number of thiazole rings is 1. The van der Waals surface area contributed by atoms with Crippen LogP contribution in [0.25, 0.3) is 0 Å². The summed E-state index contributed by atoms with van der Waals surface area (Å²) in [5.41, 5.74) is 16.0. The molecule has 2 atom stereocenters. The Bertz CT molecular complexity index is 1510. The van der Waals surface area contributed by atoms with E-state index in [1.165, 1.54) is 16.3 Å². The zero-order valence-corrected chi connectivity index (χ0v) is 24.0. The second kappa shape index (κ2) is 12.3. The molecule has 18 nitrogen and oxygen atoms in total. The SMILES string of the molecule is C=C1C(NC(=O)/C(=N\OC2(C(=C)O)CC2)c2csc(N)n2)C(Cn2cc(CN=C(N)NCCCN)nn2)N1S(=O)(=O)O. The average molecular weight is 625 g/mol. The van der Waals surface area contributed by atoms with Gasteiger partial charge < -0.3 is 37.8 Å². The lowest BCUT2D eigenvalue weighted by molar-refractivity contribution is -0.116. The first kappa shape index (κ1) is 30.7. The lowest BCUT2D eigenvalue weighted by atomic mass is 9.95. The molecule has 4 rings (SSSR count). The molecule has 1 saturated carbocycles. The quantitative estimate of drug-likeness (QED) is 0.0318. The molecule has 10 N–H and O–H groups in total. The Morgan fingerprint density at radius 2 is 2.12 bits per heavy atom. The molecule has 2 unspecified atom stereocenters. The smallest absolute Gasteiger partial charge is 0.360 e. The van der Waals surface area contributed by atoms with Crippen LogP contribution in [-0.4, -0.2) is 90.7 Å². The number of aliphatic imine (C=N–C) groups is 1. The minimum Gasteiger partial charge on any atom is -0.509 e. The van der Waals surface area contributed by atoms with Crippen LogP contribution >= 0.6 is 11.3 Å². The van der Waals surface area contributed by atoms with E-state index in [-0.39, 0.29) is 47.0 Å². The molecule has 20 heteroatoms. The number of rotatable bonds is 14. The number of amides is 1. The molecule has 2 aliphatic rings. The van der Waals surface area contributed by atoms with Crippen molar-refractivity contribution in [1.29, 1.82) is 0 Å². The van der Waals surface area contributed by atoms with Gasteiger partial charge in [0.25, 0.3) is 5.91 Å². The van der Waals surface area contributed by atoms with Crippen molar-refractivity contribution in [3.8, 4) is 0 Å². The van der Waals surface area contributed by atoms with E-state index < -0.39 is 33.9 Å². The molecule has 2 fully saturated rings. The third-order valence-electron chi connectivity index (χ3n) is 6.44.